The molecule has 106 valence electrons. The molecule has 1 fully saturated rings. The minimum Gasteiger partial charge on any atom is -0.381 e. The molecule has 0 spiro atoms. The number of nitrogens with zero attached hydrogens (tertiary/aromatic N) is 4. The van der Waals surface area contributed by atoms with Crippen LogP contribution in [0.5, 0.6) is 0 Å². The second-order valence-electron chi connectivity index (χ2n) is 5.18. The van der Waals surface area contributed by atoms with Crippen LogP contribution in [0.4, 0.5) is 5.82 Å². The van der Waals surface area contributed by atoms with Crippen molar-refractivity contribution in [1.29, 1.82) is 0 Å². The van der Waals surface area contributed by atoms with Crippen molar-refractivity contribution in [2.24, 2.45) is 5.92 Å². The number of hydrogen-bond acceptors (Lipinski definition) is 5. The Morgan fingerprint density at radius 3 is 3.10 bits per heavy atom. The quantitative estimate of drug-likeness (QED) is 0.854. The lowest BCUT2D eigenvalue weighted by Crippen LogP contribution is -2.37. The number of ether oxygens (including phenoxy) is 1. The molecule has 0 amide bonds. The maximum atomic E-state index is 5.56. The topological polar surface area (TPSA) is 51.1 Å². The van der Waals surface area contributed by atoms with Crippen molar-refractivity contribution in [3.05, 3.63) is 24.5 Å². The first kappa shape index (κ1) is 13.2. The van der Waals surface area contributed by atoms with Crippen molar-refractivity contribution in [3.63, 3.8) is 0 Å². The summed E-state index contributed by atoms with van der Waals surface area (Å²) >= 11 is 0. The summed E-state index contributed by atoms with van der Waals surface area (Å²) < 4.78 is 5.56. The van der Waals surface area contributed by atoms with Crippen LogP contribution >= 0.6 is 0 Å². The highest BCUT2D eigenvalue weighted by Gasteiger charge is 2.21. The summed E-state index contributed by atoms with van der Waals surface area (Å²) in [5.41, 5.74) is 1.57. The minimum atomic E-state index is 0.600. The summed E-state index contributed by atoms with van der Waals surface area (Å²) in [4.78, 5) is 15.5. The van der Waals surface area contributed by atoms with Gasteiger partial charge in [-0.25, -0.2) is 9.97 Å². The molecule has 1 unspecified atom stereocenters. The fraction of sp³-hybridized carbons (Fsp3) is 0.533. The average Bonchev–Trinajstić information content (AvgIpc) is 2.53. The summed E-state index contributed by atoms with van der Waals surface area (Å²) in [6.45, 7) is 5.75. The van der Waals surface area contributed by atoms with Gasteiger partial charge in [-0.15, -0.1) is 0 Å². The largest absolute Gasteiger partial charge is 0.381 e. The molecule has 0 radical (unpaired) electrons. The second-order valence-corrected chi connectivity index (χ2v) is 5.18. The summed E-state index contributed by atoms with van der Waals surface area (Å²) in [6, 6.07) is 4.04. The van der Waals surface area contributed by atoms with Crippen LogP contribution < -0.4 is 4.90 Å². The number of fused-ring (bicyclic) bond motifs is 1. The molecule has 3 rings (SSSR count). The fourth-order valence-electron chi connectivity index (χ4n) is 2.71. The summed E-state index contributed by atoms with van der Waals surface area (Å²) in [5, 5.41) is 0. The van der Waals surface area contributed by atoms with Crippen molar-refractivity contribution in [3.8, 4) is 0 Å². The predicted molar refractivity (Wildman–Crippen MR) is 78.8 cm³/mol. The van der Waals surface area contributed by atoms with E-state index in [-0.39, 0.29) is 0 Å². The molecule has 20 heavy (non-hydrogen) atoms. The Morgan fingerprint density at radius 2 is 2.20 bits per heavy atom. The van der Waals surface area contributed by atoms with Gasteiger partial charge in [0.2, 0.25) is 0 Å². The molecule has 0 bridgehead atoms. The van der Waals surface area contributed by atoms with Crippen LogP contribution in [0.25, 0.3) is 11.2 Å². The highest BCUT2D eigenvalue weighted by atomic mass is 16.5. The fourth-order valence-corrected chi connectivity index (χ4v) is 2.71. The van der Waals surface area contributed by atoms with E-state index < -0.39 is 0 Å². The van der Waals surface area contributed by atoms with Gasteiger partial charge < -0.3 is 9.64 Å². The Bertz CT molecular complexity index is 575. The summed E-state index contributed by atoms with van der Waals surface area (Å²) in [5.74, 6) is 1.60. The first-order valence-corrected chi connectivity index (χ1v) is 7.27. The standard InChI is InChI=1S/C15H20N4O/c1-2-20-11-12-4-3-9-19(10-12)14-6-5-13-15(18-14)17-8-7-16-13/h5-8,12H,2-4,9-11H2,1H3. The molecule has 1 aliphatic heterocycles. The Balaban J connectivity index is 1.76. The molecule has 1 aliphatic rings. The normalized spacial score (nSPS) is 19.4. The van der Waals surface area contributed by atoms with Crippen molar-refractivity contribution in [2.75, 3.05) is 31.2 Å². The number of aromatic nitrogens is 3. The Labute approximate surface area is 119 Å². The van der Waals surface area contributed by atoms with Gasteiger partial charge >= 0.3 is 0 Å². The molecule has 5 nitrogen and oxygen atoms in total. The molecule has 3 heterocycles. The number of piperidine rings is 1. The predicted octanol–water partition coefficient (Wildman–Crippen LogP) is 2.28. The van der Waals surface area contributed by atoms with Crippen LogP contribution in [-0.4, -0.2) is 41.3 Å². The van der Waals surface area contributed by atoms with Crippen molar-refractivity contribution in [2.45, 2.75) is 19.8 Å². The van der Waals surface area contributed by atoms with Crippen molar-refractivity contribution >= 4 is 17.0 Å². The molecule has 2 aromatic rings. The highest BCUT2D eigenvalue weighted by molar-refractivity contribution is 5.71. The summed E-state index contributed by atoms with van der Waals surface area (Å²) in [7, 11) is 0. The maximum Gasteiger partial charge on any atom is 0.180 e. The lowest BCUT2D eigenvalue weighted by molar-refractivity contribution is 0.104. The van der Waals surface area contributed by atoms with E-state index in [1.54, 1.807) is 12.4 Å². The van der Waals surface area contributed by atoms with Gasteiger partial charge in [-0.3, -0.25) is 4.98 Å². The molecule has 5 heteroatoms. The Hall–Kier alpha value is -1.75. The molecular weight excluding hydrogens is 252 g/mol. The number of rotatable bonds is 4. The zero-order chi connectivity index (χ0) is 13.8. The van der Waals surface area contributed by atoms with E-state index in [1.807, 2.05) is 19.1 Å². The van der Waals surface area contributed by atoms with Crippen LogP contribution in [0.3, 0.4) is 0 Å². The van der Waals surface area contributed by atoms with E-state index >= 15 is 0 Å². The summed E-state index contributed by atoms with van der Waals surface area (Å²) in [6.07, 6.45) is 5.82. The smallest absolute Gasteiger partial charge is 0.180 e. The molecule has 1 atom stereocenters. The molecule has 1 saturated heterocycles. The lowest BCUT2D eigenvalue weighted by atomic mass is 9.99. The zero-order valence-electron chi connectivity index (χ0n) is 11.8. The monoisotopic (exact) mass is 272 g/mol. The van der Waals surface area contributed by atoms with Gasteiger partial charge in [-0.05, 0) is 37.8 Å². The van der Waals surface area contributed by atoms with Crippen LogP contribution in [0.1, 0.15) is 19.8 Å². The van der Waals surface area contributed by atoms with Crippen molar-refractivity contribution in [1.82, 2.24) is 15.0 Å². The van der Waals surface area contributed by atoms with Gasteiger partial charge in [0.25, 0.3) is 0 Å². The van der Waals surface area contributed by atoms with E-state index in [0.717, 1.165) is 43.3 Å². The Morgan fingerprint density at radius 1 is 1.30 bits per heavy atom. The van der Waals surface area contributed by atoms with Crippen LogP contribution in [0, 0.1) is 5.92 Å². The van der Waals surface area contributed by atoms with E-state index in [1.165, 1.54) is 12.8 Å². The molecule has 0 N–H and O–H groups in total. The number of pyridine rings is 1. The van der Waals surface area contributed by atoms with Gasteiger partial charge in [0.15, 0.2) is 5.65 Å². The van der Waals surface area contributed by atoms with Gasteiger partial charge in [0.1, 0.15) is 11.3 Å². The highest BCUT2D eigenvalue weighted by Crippen LogP contribution is 2.23. The van der Waals surface area contributed by atoms with Crippen LogP contribution in [-0.2, 0) is 4.74 Å². The first-order chi connectivity index (χ1) is 9.86. The maximum absolute atomic E-state index is 5.56. The zero-order valence-corrected chi connectivity index (χ0v) is 11.8. The third kappa shape index (κ3) is 2.88. The lowest BCUT2D eigenvalue weighted by Gasteiger charge is -2.33. The number of anilines is 1. The molecule has 2 aromatic heterocycles. The minimum absolute atomic E-state index is 0.600. The number of hydrogen-bond donors (Lipinski definition) is 0. The molecule has 0 aliphatic carbocycles. The van der Waals surface area contributed by atoms with E-state index in [9.17, 15) is 0 Å². The van der Waals surface area contributed by atoms with E-state index in [4.69, 9.17) is 4.74 Å². The van der Waals surface area contributed by atoms with Gasteiger partial charge in [0.05, 0.1) is 6.61 Å². The van der Waals surface area contributed by atoms with Gasteiger partial charge in [0, 0.05) is 32.1 Å². The van der Waals surface area contributed by atoms with Gasteiger partial charge in [-0.2, -0.15) is 0 Å². The Kier molecular flexibility index (Phi) is 4.06. The molecular formula is C15H20N4O. The van der Waals surface area contributed by atoms with Crippen molar-refractivity contribution < 1.29 is 4.74 Å². The third-order valence-corrected chi connectivity index (χ3v) is 3.72. The van der Waals surface area contributed by atoms with Gasteiger partial charge in [-0.1, -0.05) is 0 Å². The molecule has 0 saturated carbocycles. The average molecular weight is 272 g/mol. The first-order valence-electron chi connectivity index (χ1n) is 7.27. The van der Waals surface area contributed by atoms with Crippen LogP contribution in [0.15, 0.2) is 24.5 Å². The SMILES string of the molecule is CCOCC1CCCN(c2ccc3nccnc3n2)C1. The third-order valence-electron chi connectivity index (χ3n) is 3.72. The molecule has 0 aromatic carbocycles. The van der Waals surface area contributed by atoms with Crippen LogP contribution in [0.2, 0.25) is 0 Å². The second kappa shape index (κ2) is 6.13. The van der Waals surface area contributed by atoms with E-state index in [2.05, 4.69) is 19.9 Å². The van der Waals surface area contributed by atoms with E-state index in [0.29, 0.717) is 5.92 Å².